The summed E-state index contributed by atoms with van der Waals surface area (Å²) in [6.07, 6.45) is -5.56. The number of sulfone groups is 1. The van der Waals surface area contributed by atoms with Crippen molar-refractivity contribution in [3.63, 3.8) is 0 Å². The van der Waals surface area contributed by atoms with Crippen molar-refractivity contribution in [2.75, 3.05) is 25.3 Å². The van der Waals surface area contributed by atoms with Crippen molar-refractivity contribution >= 4 is 21.4 Å². The minimum Gasteiger partial charge on any atom is -0.493 e. The second-order valence-electron chi connectivity index (χ2n) is 9.40. The Morgan fingerprint density at radius 3 is 2.30 bits per heavy atom. The van der Waals surface area contributed by atoms with Gasteiger partial charge < -0.3 is 14.8 Å². The molecule has 0 fully saturated rings. The molecule has 43 heavy (non-hydrogen) atoms. The van der Waals surface area contributed by atoms with Gasteiger partial charge in [-0.25, -0.2) is 23.1 Å². The van der Waals surface area contributed by atoms with Crippen molar-refractivity contribution in [1.29, 1.82) is 0 Å². The highest BCUT2D eigenvalue weighted by Gasteiger charge is 2.35. The van der Waals surface area contributed by atoms with Gasteiger partial charge in [-0.2, -0.15) is 13.2 Å². The van der Waals surface area contributed by atoms with Crippen molar-refractivity contribution in [2.45, 2.75) is 31.1 Å². The molecule has 0 aliphatic rings. The Hall–Kier alpha value is -4.66. The molecule has 1 amide bonds. The van der Waals surface area contributed by atoms with Gasteiger partial charge in [-0.3, -0.25) is 14.3 Å². The van der Waals surface area contributed by atoms with Gasteiger partial charge >= 0.3 is 6.18 Å². The minimum atomic E-state index is -4.96. The van der Waals surface area contributed by atoms with E-state index in [1.54, 1.807) is 49.0 Å². The molecule has 4 rings (SSSR count). The highest BCUT2D eigenvalue weighted by molar-refractivity contribution is 7.91. The summed E-state index contributed by atoms with van der Waals surface area (Å²) in [7, 11) is -0.0781. The number of carbonyl (C=O) groups is 1. The van der Waals surface area contributed by atoms with E-state index in [1.807, 2.05) is 0 Å². The Balaban J connectivity index is 1.53. The van der Waals surface area contributed by atoms with Gasteiger partial charge in [0.15, 0.2) is 11.5 Å². The molecule has 0 aliphatic heterocycles. The van der Waals surface area contributed by atoms with Crippen LogP contribution in [0, 0.1) is 6.92 Å². The summed E-state index contributed by atoms with van der Waals surface area (Å²) in [5, 5.41) is 1.49. The molecule has 2 aromatic carbocycles. The number of hydrogen-bond donors (Lipinski definition) is 1. The molecule has 0 bridgehead atoms. The normalized spacial score (nSPS) is 11.8. The maximum Gasteiger partial charge on any atom is 0.433 e. The first kappa shape index (κ1) is 31.3. The molecule has 0 radical (unpaired) electrons. The highest BCUT2D eigenvalue weighted by Crippen LogP contribution is 2.35. The van der Waals surface area contributed by atoms with E-state index in [1.165, 1.54) is 37.1 Å². The predicted molar refractivity (Wildman–Crippen MR) is 151 cm³/mol. The van der Waals surface area contributed by atoms with Crippen LogP contribution >= 0.6 is 0 Å². The molecular weight excluding hydrogens is 591 g/mol. The molecule has 0 aliphatic carbocycles. The van der Waals surface area contributed by atoms with Crippen LogP contribution in [-0.2, 0) is 27.9 Å². The number of methoxy groups -OCH3 is 2. The summed E-state index contributed by atoms with van der Waals surface area (Å²) in [6.45, 7) is 1.64. The molecule has 4 aromatic rings. The van der Waals surface area contributed by atoms with Crippen molar-refractivity contribution in [2.24, 2.45) is 7.05 Å². The number of carbonyl (C=O) groups excluding carboxylic acids is 1. The molecule has 0 saturated carbocycles. The molecule has 228 valence electrons. The molecule has 0 atom stereocenters. The molecule has 11 nitrogen and oxygen atoms in total. The molecule has 0 spiro atoms. The number of nitrogens with one attached hydrogen (secondary N) is 1. The first-order valence-corrected chi connectivity index (χ1v) is 14.5. The number of para-hydroxylation sites is 1. The number of nitrogens with zero attached hydrogens (tertiary/aromatic N) is 4. The molecular formula is C28H28F3N5O6S. The fourth-order valence-electron chi connectivity index (χ4n) is 4.28. The number of rotatable bonds is 10. The van der Waals surface area contributed by atoms with Crippen LogP contribution in [0.2, 0.25) is 0 Å². The third-order valence-corrected chi connectivity index (χ3v) is 8.15. The van der Waals surface area contributed by atoms with Crippen LogP contribution in [0.3, 0.4) is 0 Å². The van der Waals surface area contributed by atoms with Crippen LogP contribution in [0.5, 0.6) is 11.5 Å². The average molecular weight is 620 g/mol. The van der Waals surface area contributed by atoms with Crippen molar-refractivity contribution in [1.82, 2.24) is 19.3 Å². The number of benzene rings is 2. The van der Waals surface area contributed by atoms with E-state index in [-0.39, 0.29) is 35.5 Å². The number of hydrogen-bond acceptors (Lipinski definition) is 8. The smallest absolute Gasteiger partial charge is 0.433 e. The van der Waals surface area contributed by atoms with E-state index in [9.17, 15) is 31.2 Å². The summed E-state index contributed by atoms with van der Waals surface area (Å²) in [4.78, 5) is 32.9. The Kier molecular flexibility index (Phi) is 8.94. The lowest BCUT2D eigenvalue weighted by atomic mass is 10.1. The van der Waals surface area contributed by atoms with Crippen molar-refractivity contribution in [3.8, 4) is 28.4 Å². The van der Waals surface area contributed by atoms with Gasteiger partial charge in [0.2, 0.25) is 20.9 Å². The Morgan fingerprint density at radius 2 is 1.67 bits per heavy atom. The van der Waals surface area contributed by atoms with Gasteiger partial charge in [-0.15, -0.1) is 0 Å². The number of amides is 1. The summed E-state index contributed by atoms with van der Waals surface area (Å²) < 4.78 is 80.4. The van der Waals surface area contributed by atoms with Crippen LogP contribution in [0.15, 0.2) is 64.5 Å². The molecule has 15 heteroatoms. The van der Waals surface area contributed by atoms with Gasteiger partial charge in [0.05, 0.1) is 37.0 Å². The van der Waals surface area contributed by atoms with Crippen LogP contribution < -0.4 is 20.3 Å². The van der Waals surface area contributed by atoms with Crippen LogP contribution in [-0.4, -0.2) is 53.6 Å². The SMILES string of the molecule is COc1ccc(-c2cc(C(F)(F)F)nc(S(=O)(=O)CCCC(=O)Nc3c(C)n(C)n(-c4ccccc4)c3=O)n2)cc1OC. The van der Waals surface area contributed by atoms with Crippen LogP contribution in [0.25, 0.3) is 16.9 Å². The Morgan fingerprint density at radius 1 is 1.00 bits per heavy atom. The molecule has 1 N–H and O–H groups in total. The fraction of sp³-hybridized carbons (Fsp3) is 0.286. The zero-order chi connectivity index (χ0) is 31.5. The van der Waals surface area contributed by atoms with Gasteiger partial charge in [0.25, 0.3) is 5.56 Å². The van der Waals surface area contributed by atoms with E-state index in [0.29, 0.717) is 23.2 Å². The third kappa shape index (κ3) is 6.71. The maximum atomic E-state index is 13.7. The second kappa shape index (κ2) is 12.3. The second-order valence-corrected chi connectivity index (χ2v) is 11.4. The fourth-order valence-corrected chi connectivity index (χ4v) is 5.46. The topological polar surface area (TPSA) is 134 Å². The molecule has 0 unspecified atom stereocenters. The summed E-state index contributed by atoms with van der Waals surface area (Å²) >= 11 is 0. The summed E-state index contributed by atoms with van der Waals surface area (Å²) in [5.41, 5.74) is -1.01. The van der Waals surface area contributed by atoms with Crippen molar-refractivity contribution in [3.05, 3.63) is 76.3 Å². The first-order valence-electron chi connectivity index (χ1n) is 12.8. The van der Waals surface area contributed by atoms with E-state index in [0.717, 1.165) is 0 Å². The van der Waals surface area contributed by atoms with E-state index < -0.39 is 44.1 Å². The first-order chi connectivity index (χ1) is 20.3. The number of alkyl halides is 3. The summed E-state index contributed by atoms with van der Waals surface area (Å²) in [6, 6.07) is 13.6. The lowest BCUT2D eigenvalue weighted by molar-refractivity contribution is -0.141. The molecule has 2 heterocycles. The Bertz CT molecular complexity index is 1820. The average Bonchev–Trinajstić information content (AvgIpc) is 3.19. The van der Waals surface area contributed by atoms with E-state index >= 15 is 0 Å². The maximum absolute atomic E-state index is 13.7. The third-order valence-electron chi connectivity index (χ3n) is 6.59. The lowest BCUT2D eigenvalue weighted by Gasteiger charge is -2.13. The van der Waals surface area contributed by atoms with Crippen LogP contribution in [0.4, 0.5) is 18.9 Å². The van der Waals surface area contributed by atoms with Crippen molar-refractivity contribution < 1.29 is 35.9 Å². The van der Waals surface area contributed by atoms with Crippen LogP contribution in [0.1, 0.15) is 24.2 Å². The number of anilines is 1. The zero-order valence-electron chi connectivity index (χ0n) is 23.6. The molecule has 0 saturated heterocycles. The quantitative estimate of drug-likeness (QED) is 0.262. The zero-order valence-corrected chi connectivity index (χ0v) is 24.4. The van der Waals surface area contributed by atoms with Gasteiger partial charge in [0.1, 0.15) is 11.4 Å². The molecule has 2 aromatic heterocycles. The summed E-state index contributed by atoms with van der Waals surface area (Å²) in [5.74, 6) is -0.842. The number of aromatic nitrogens is 4. The number of halogens is 3. The highest BCUT2D eigenvalue weighted by atomic mass is 32.2. The Labute approximate surface area is 244 Å². The lowest BCUT2D eigenvalue weighted by Crippen LogP contribution is -2.23. The largest absolute Gasteiger partial charge is 0.493 e. The minimum absolute atomic E-state index is 0.0278. The van der Waals surface area contributed by atoms with Gasteiger partial charge in [-0.05, 0) is 49.7 Å². The van der Waals surface area contributed by atoms with E-state index in [2.05, 4.69) is 15.3 Å². The standard InChI is InChI=1S/C28H28F3N5O6S/c1-17-25(26(38)36(35(17)2)19-9-6-5-7-10-19)34-24(37)11-8-14-43(39,40)27-32-20(16-23(33-27)28(29,30)31)18-12-13-21(41-3)22(15-18)42-4/h5-7,9-10,12-13,15-16H,8,11,14H2,1-4H3,(H,34,37). The van der Waals surface area contributed by atoms with Gasteiger partial charge in [-0.1, -0.05) is 18.2 Å². The monoisotopic (exact) mass is 619 g/mol. The van der Waals surface area contributed by atoms with E-state index in [4.69, 9.17) is 9.47 Å². The van der Waals surface area contributed by atoms with Gasteiger partial charge in [0, 0.05) is 19.0 Å². The number of ether oxygens (including phenoxy) is 2. The predicted octanol–water partition coefficient (Wildman–Crippen LogP) is 4.17.